The molecule has 2 N–H and O–H groups in total. The van der Waals surface area contributed by atoms with Crippen molar-refractivity contribution in [1.29, 1.82) is 0 Å². The molecule has 1 aromatic heterocycles. The zero-order valence-electron chi connectivity index (χ0n) is 16.2. The Bertz CT molecular complexity index is 1060. The van der Waals surface area contributed by atoms with Crippen molar-refractivity contribution in [3.8, 4) is 11.4 Å². The zero-order valence-corrected chi connectivity index (χ0v) is 17.0. The van der Waals surface area contributed by atoms with Crippen LogP contribution in [0.5, 0.6) is 0 Å². The third-order valence-electron chi connectivity index (χ3n) is 4.99. The summed E-state index contributed by atoms with van der Waals surface area (Å²) in [6, 6.07) is 14.3. The number of hydrogen-bond donors (Lipinski definition) is 2. The van der Waals surface area contributed by atoms with Gasteiger partial charge in [-0.15, -0.1) is 10.2 Å². The van der Waals surface area contributed by atoms with Crippen LogP contribution in [-0.2, 0) is 11.3 Å². The van der Waals surface area contributed by atoms with Gasteiger partial charge in [0, 0.05) is 11.6 Å². The smallest absolute Gasteiger partial charge is 0.253 e. The lowest BCUT2D eigenvalue weighted by Crippen LogP contribution is -2.33. The van der Waals surface area contributed by atoms with Crippen molar-refractivity contribution in [2.75, 3.05) is 5.32 Å². The number of halogens is 1. The molecule has 0 atom stereocenters. The molecular formula is C21H21ClN6O2. The Morgan fingerprint density at radius 1 is 1.07 bits per heavy atom. The van der Waals surface area contributed by atoms with Crippen molar-refractivity contribution in [3.05, 3.63) is 59.1 Å². The van der Waals surface area contributed by atoms with Crippen molar-refractivity contribution in [2.24, 2.45) is 0 Å². The fourth-order valence-corrected chi connectivity index (χ4v) is 3.72. The Labute approximate surface area is 178 Å². The summed E-state index contributed by atoms with van der Waals surface area (Å²) in [7, 11) is 0. The van der Waals surface area contributed by atoms with E-state index in [2.05, 4.69) is 26.0 Å². The maximum Gasteiger partial charge on any atom is 0.253 e. The Morgan fingerprint density at radius 2 is 1.80 bits per heavy atom. The van der Waals surface area contributed by atoms with Crippen molar-refractivity contribution in [3.63, 3.8) is 0 Å². The molecule has 0 bridgehead atoms. The predicted octanol–water partition coefficient (Wildman–Crippen LogP) is 3.30. The van der Waals surface area contributed by atoms with Gasteiger partial charge in [0.05, 0.1) is 16.3 Å². The van der Waals surface area contributed by atoms with E-state index < -0.39 is 0 Å². The van der Waals surface area contributed by atoms with Gasteiger partial charge in [-0.1, -0.05) is 48.7 Å². The number of para-hydroxylation sites is 1. The topological polar surface area (TPSA) is 102 Å². The summed E-state index contributed by atoms with van der Waals surface area (Å²) in [5, 5.41) is 18.4. The van der Waals surface area contributed by atoms with Crippen LogP contribution >= 0.6 is 11.6 Å². The van der Waals surface area contributed by atoms with Gasteiger partial charge in [0.25, 0.3) is 5.91 Å². The first kappa shape index (κ1) is 20.0. The van der Waals surface area contributed by atoms with E-state index in [0.29, 0.717) is 27.7 Å². The Balaban J connectivity index is 1.42. The van der Waals surface area contributed by atoms with Crippen LogP contribution in [0.25, 0.3) is 11.4 Å². The lowest BCUT2D eigenvalue weighted by atomic mass is 10.1. The summed E-state index contributed by atoms with van der Waals surface area (Å²) < 4.78 is 0. The molecule has 1 fully saturated rings. The molecular weight excluding hydrogens is 404 g/mol. The standard InChI is InChI=1S/C21H21ClN6O2/c22-17-11-5-3-9-15(17)20-25-27-28(26-20)13-19(29)24-18-12-6-4-10-16(18)21(30)23-14-7-1-2-8-14/h3-6,9-12,14H,1-2,7-8,13H2,(H,23,30)(H,24,29). The van der Waals surface area contributed by atoms with Crippen LogP contribution in [0, 0.1) is 0 Å². The van der Waals surface area contributed by atoms with Crippen LogP contribution < -0.4 is 10.6 Å². The van der Waals surface area contributed by atoms with Crippen LogP contribution in [0.2, 0.25) is 5.02 Å². The minimum Gasteiger partial charge on any atom is -0.349 e. The molecule has 154 valence electrons. The van der Waals surface area contributed by atoms with Gasteiger partial charge in [0.2, 0.25) is 11.7 Å². The minimum absolute atomic E-state index is 0.143. The van der Waals surface area contributed by atoms with Gasteiger partial charge < -0.3 is 10.6 Å². The average Bonchev–Trinajstić information content (AvgIpc) is 3.41. The molecule has 9 heteroatoms. The predicted molar refractivity (Wildman–Crippen MR) is 113 cm³/mol. The lowest BCUT2D eigenvalue weighted by molar-refractivity contribution is -0.117. The SMILES string of the molecule is O=C(Cn1nnc(-c2ccccc2Cl)n1)Nc1ccccc1C(=O)NC1CCCC1. The van der Waals surface area contributed by atoms with Crippen LogP contribution in [0.3, 0.4) is 0 Å². The van der Waals surface area contributed by atoms with Gasteiger partial charge in [-0.25, -0.2) is 0 Å². The molecule has 1 aliphatic rings. The molecule has 1 aliphatic carbocycles. The molecule has 1 heterocycles. The highest BCUT2D eigenvalue weighted by Gasteiger charge is 2.20. The summed E-state index contributed by atoms with van der Waals surface area (Å²) in [5.41, 5.74) is 1.52. The van der Waals surface area contributed by atoms with Crippen LogP contribution in [0.15, 0.2) is 48.5 Å². The number of tetrazole rings is 1. The Hall–Kier alpha value is -3.26. The monoisotopic (exact) mass is 424 g/mol. The van der Waals surface area contributed by atoms with Gasteiger partial charge >= 0.3 is 0 Å². The fraction of sp³-hybridized carbons (Fsp3) is 0.286. The summed E-state index contributed by atoms with van der Waals surface area (Å²) in [6.45, 7) is -0.143. The second-order valence-corrected chi connectivity index (χ2v) is 7.58. The normalized spacial score (nSPS) is 13.9. The van der Waals surface area contributed by atoms with Crippen LogP contribution in [0.1, 0.15) is 36.0 Å². The highest BCUT2D eigenvalue weighted by Crippen LogP contribution is 2.24. The number of rotatable bonds is 6. The molecule has 0 saturated heterocycles. The maximum absolute atomic E-state index is 12.6. The number of hydrogen-bond acceptors (Lipinski definition) is 5. The Morgan fingerprint density at radius 3 is 2.60 bits per heavy atom. The van der Waals surface area contributed by atoms with E-state index in [1.807, 2.05) is 12.1 Å². The Kier molecular flexibility index (Phi) is 6.04. The third-order valence-corrected chi connectivity index (χ3v) is 5.32. The summed E-state index contributed by atoms with van der Waals surface area (Å²) in [5.74, 6) is -0.207. The van der Waals surface area contributed by atoms with Crippen molar-refractivity contribution in [1.82, 2.24) is 25.5 Å². The number of benzene rings is 2. The second kappa shape index (κ2) is 9.04. The molecule has 2 aromatic carbocycles. The molecule has 0 radical (unpaired) electrons. The van der Waals surface area contributed by atoms with Crippen LogP contribution in [-0.4, -0.2) is 38.1 Å². The number of carbonyl (C=O) groups is 2. The zero-order chi connectivity index (χ0) is 20.9. The first-order chi connectivity index (χ1) is 14.6. The highest BCUT2D eigenvalue weighted by atomic mass is 35.5. The molecule has 0 unspecified atom stereocenters. The molecule has 0 spiro atoms. The molecule has 30 heavy (non-hydrogen) atoms. The van der Waals surface area contributed by atoms with Gasteiger partial charge in [0.15, 0.2) is 0 Å². The van der Waals surface area contributed by atoms with E-state index in [9.17, 15) is 9.59 Å². The average molecular weight is 425 g/mol. The molecule has 0 aliphatic heterocycles. The quantitative estimate of drug-likeness (QED) is 0.632. The maximum atomic E-state index is 12.6. The third kappa shape index (κ3) is 4.65. The van der Waals surface area contributed by atoms with E-state index in [0.717, 1.165) is 25.7 Å². The van der Waals surface area contributed by atoms with Gasteiger partial charge in [-0.05, 0) is 42.3 Å². The van der Waals surface area contributed by atoms with Gasteiger partial charge in [0.1, 0.15) is 6.54 Å². The van der Waals surface area contributed by atoms with E-state index in [4.69, 9.17) is 11.6 Å². The van der Waals surface area contributed by atoms with Crippen LogP contribution in [0.4, 0.5) is 5.69 Å². The molecule has 3 aromatic rings. The lowest BCUT2D eigenvalue weighted by Gasteiger charge is -2.14. The van der Waals surface area contributed by atoms with Crippen molar-refractivity contribution < 1.29 is 9.59 Å². The minimum atomic E-state index is -0.362. The summed E-state index contributed by atoms with van der Waals surface area (Å²) in [4.78, 5) is 26.3. The van der Waals surface area contributed by atoms with E-state index in [-0.39, 0.29) is 24.4 Å². The molecule has 4 rings (SSSR count). The highest BCUT2D eigenvalue weighted by molar-refractivity contribution is 6.33. The number of nitrogens with one attached hydrogen (secondary N) is 2. The second-order valence-electron chi connectivity index (χ2n) is 7.17. The number of anilines is 1. The number of amides is 2. The summed E-state index contributed by atoms with van der Waals surface area (Å²) >= 11 is 6.15. The molecule has 8 nitrogen and oxygen atoms in total. The van der Waals surface area contributed by atoms with Crippen molar-refractivity contribution >= 4 is 29.1 Å². The molecule has 1 saturated carbocycles. The first-order valence-electron chi connectivity index (χ1n) is 9.82. The van der Waals surface area contributed by atoms with Gasteiger partial charge in [-0.3, -0.25) is 9.59 Å². The largest absolute Gasteiger partial charge is 0.349 e. The number of nitrogens with zero attached hydrogens (tertiary/aromatic N) is 4. The van der Waals surface area contributed by atoms with Crippen molar-refractivity contribution in [2.45, 2.75) is 38.3 Å². The number of carbonyl (C=O) groups excluding carboxylic acids is 2. The van der Waals surface area contributed by atoms with E-state index in [1.54, 1.807) is 36.4 Å². The fourth-order valence-electron chi connectivity index (χ4n) is 3.50. The molecule has 2 amide bonds. The van der Waals surface area contributed by atoms with Gasteiger partial charge in [-0.2, -0.15) is 4.80 Å². The van der Waals surface area contributed by atoms with E-state index >= 15 is 0 Å². The van der Waals surface area contributed by atoms with E-state index in [1.165, 1.54) is 4.80 Å². The first-order valence-corrected chi connectivity index (χ1v) is 10.2. The number of aromatic nitrogens is 4. The summed E-state index contributed by atoms with van der Waals surface area (Å²) in [6.07, 6.45) is 4.24.